The van der Waals surface area contributed by atoms with Gasteiger partial charge in [0.25, 0.3) is 12.3 Å². The van der Waals surface area contributed by atoms with Crippen molar-refractivity contribution in [1.29, 1.82) is 0 Å². The van der Waals surface area contributed by atoms with Crippen LogP contribution in [0.4, 0.5) is 22.0 Å². The van der Waals surface area contributed by atoms with Crippen LogP contribution in [0.25, 0.3) is 10.1 Å². The molecule has 0 radical (unpaired) electrons. The van der Waals surface area contributed by atoms with Crippen LogP contribution < -0.4 is 5.32 Å². The van der Waals surface area contributed by atoms with E-state index in [1.807, 2.05) is 0 Å². The Morgan fingerprint density at radius 3 is 2.29 bits per heavy atom. The first-order chi connectivity index (χ1) is 14.3. The van der Waals surface area contributed by atoms with E-state index < -0.39 is 42.3 Å². The van der Waals surface area contributed by atoms with Gasteiger partial charge in [0.15, 0.2) is 0 Å². The molecule has 3 aromatic rings. The van der Waals surface area contributed by atoms with Crippen molar-refractivity contribution in [3.05, 3.63) is 68.8 Å². The molecular weight excluding hydrogens is 532 g/mol. The fourth-order valence-electron chi connectivity index (χ4n) is 2.72. The molecule has 0 aliphatic heterocycles. The summed E-state index contributed by atoms with van der Waals surface area (Å²) < 4.78 is 79.2. The molecular formula is C18H12BrF5NO4PS. The lowest BCUT2D eigenvalue weighted by Crippen LogP contribution is -2.33. The molecule has 0 spiro atoms. The Morgan fingerprint density at radius 1 is 1.13 bits per heavy atom. The minimum absolute atomic E-state index is 0.0360. The van der Waals surface area contributed by atoms with Crippen LogP contribution in [0.5, 0.6) is 0 Å². The standard InChI is InChI=1S/C18H12BrF5NO4PS/c19-13-11-7-9(3-6-12(11)31-15(13)18(23,24)30(27,28)29)17(26)25-14(16(21)22)8-1-4-10(20)5-2-8/h1-7,14,16H,(H,25,26)(H2,27,28,29). The normalized spacial score (nSPS) is 13.6. The monoisotopic (exact) mass is 543 g/mol. The Morgan fingerprint density at radius 2 is 1.74 bits per heavy atom. The zero-order valence-electron chi connectivity index (χ0n) is 15.0. The number of thiophene rings is 1. The summed E-state index contributed by atoms with van der Waals surface area (Å²) in [7, 11) is -5.81. The van der Waals surface area contributed by atoms with Gasteiger partial charge in [-0.2, -0.15) is 8.78 Å². The average Bonchev–Trinajstić information content (AvgIpc) is 3.02. The number of carbonyl (C=O) groups excluding carboxylic acids is 1. The summed E-state index contributed by atoms with van der Waals surface area (Å²) in [6.07, 6.45) is -3.01. The molecule has 166 valence electrons. The molecule has 0 saturated heterocycles. The molecule has 5 nitrogen and oxygen atoms in total. The lowest BCUT2D eigenvalue weighted by Gasteiger charge is -2.18. The van der Waals surface area contributed by atoms with Gasteiger partial charge < -0.3 is 15.1 Å². The van der Waals surface area contributed by atoms with Crippen LogP contribution in [-0.4, -0.2) is 22.1 Å². The number of fused-ring (bicyclic) bond motifs is 1. The predicted molar refractivity (Wildman–Crippen MR) is 108 cm³/mol. The van der Waals surface area contributed by atoms with E-state index in [0.717, 1.165) is 30.3 Å². The molecule has 0 bridgehead atoms. The molecule has 0 saturated carbocycles. The molecule has 1 unspecified atom stereocenters. The minimum atomic E-state index is -5.81. The van der Waals surface area contributed by atoms with E-state index in [9.17, 15) is 31.3 Å². The lowest BCUT2D eigenvalue weighted by molar-refractivity contribution is 0.0595. The van der Waals surface area contributed by atoms with E-state index in [1.54, 1.807) is 0 Å². The number of nitrogens with one attached hydrogen (secondary N) is 1. The van der Waals surface area contributed by atoms with Crippen molar-refractivity contribution in [3.8, 4) is 0 Å². The summed E-state index contributed by atoms with van der Waals surface area (Å²) in [6.45, 7) is 0. The van der Waals surface area contributed by atoms with Crippen molar-refractivity contribution < 1.29 is 41.1 Å². The number of hydrogen-bond donors (Lipinski definition) is 3. The van der Waals surface area contributed by atoms with Crippen LogP contribution in [0.2, 0.25) is 0 Å². The van der Waals surface area contributed by atoms with Gasteiger partial charge in [-0.05, 0) is 51.8 Å². The Hall–Kier alpha value is -1.85. The number of carbonyl (C=O) groups is 1. The van der Waals surface area contributed by atoms with Gasteiger partial charge in [-0.3, -0.25) is 9.36 Å². The maximum Gasteiger partial charge on any atom is 0.400 e. The molecule has 0 aliphatic rings. The van der Waals surface area contributed by atoms with Gasteiger partial charge in [0.1, 0.15) is 16.7 Å². The van der Waals surface area contributed by atoms with E-state index in [2.05, 4.69) is 21.2 Å². The number of amides is 1. The molecule has 1 aromatic heterocycles. The third-order valence-corrected chi connectivity index (χ3v) is 7.73. The first-order valence-corrected chi connectivity index (χ1v) is 11.6. The minimum Gasteiger partial charge on any atom is -0.339 e. The number of benzene rings is 2. The molecule has 3 N–H and O–H groups in total. The fraction of sp³-hybridized carbons (Fsp3) is 0.167. The molecule has 1 amide bonds. The van der Waals surface area contributed by atoms with E-state index >= 15 is 0 Å². The van der Waals surface area contributed by atoms with Crippen LogP contribution in [0.3, 0.4) is 0 Å². The first kappa shape index (κ1) is 23.8. The van der Waals surface area contributed by atoms with Gasteiger partial charge in [0.2, 0.25) is 0 Å². The van der Waals surface area contributed by atoms with Crippen LogP contribution in [0, 0.1) is 5.82 Å². The van der Waals surface area contributed by atoms with E-state index in [-0.39, 0.29) is 25.7 Å². The smallest absolute Gasteiger partial charge is 0.339 e. The predicted octanol–water partition coefficient (Wildman–Crippen LogP) is 5.77. The van der Waals surface area contributed by atoms with Crippen molar-refractivity contribution in [2.75, 3.05) is 0 Å². The zero-order chi connectivity index (χ0) is 23.1. The number of halogens is 6. The maximum absolute atomic E-state index is 14.1. The highest BCUT2D eigenvalue weighted by atomic mass is 79.9. The number of rotatable bonds is 6. The van der Waals surface area contributed by atoms with E-state index in [4.69, 9.17) is 9.79 Å². The second kappa shape index (κ2) is 8.59. The van der Waals surface area contributed by atoms with Gasteiger partial charge in [0.05, 0.1) is 0 Å². The van der Waals surface area contributed by atoms with Gasteiger partial charge >= 0.3 is 13.3 Å². The fourth-order valence-corrected chi connectivity index (χ4v) is 5.64. The van der Waals surface area contributed by atoms with Crippen molar-refractivity contribution in [3.63, 3.8) is 0 Å². The topological polar surface area (TPSA) is 86.6 Å². The largest absolute Gasteiger partial charge is 0.400 e. The highest BCUT2D eigenvalue weighted by molar-refractivity contribution is 9.10. The Balaban J connectivity index is 1.95. The molecule has 13 heteroatoms. The van der Waals surface area contributed by atoms with Crippen molar-refractivity contribution in [2.45, 2.75) is 18.1 Å². The highest BCUT2D eigenvalue weighted by Crippen LogP contribution is 2.62. The summed E-state index contributed by atoms with van der Waals surface area (Å²) >= 11 is 3.30. The first-order valence-electron chi connectivity index (χ1n) is 8.33. The van der Waals surface area contributed by atoms with Crippen LogP contribution in [0.15, 0.2) is 46.9 Å². The van der Waals surface area contributed by atoms with Gasteiger partial charge in [-0.1, -0.05) is 12.1 Å². The summed E-state index contributed by atoms with van der Waals surface area (Å²) in [5.74, 6) is -1.59. The molecule has 3 rings (SSSR count). The second-order valence-electron chi connectivity index (χ2n) is 6.38. The van der Waals surface area contributed by atoms with Gasteiger partial charge in [-0.25, -0.2) is 13.2 Å². The lowest BCUT2D eigenvalue weighted by atomic mass is 10.1. The van der Waals surface area contributed by atoms with Crippen LogP contribution >= 0.6 is 34.9 Å². The van der Waals surface area contributed by atoms with Crippen molar-refractivity contribution >= 4 is 50.9 Å². The van der Waals surface area contributed by atoms with Crippen LogP contribution in [0.1, 0.15) is 26.8 Å². The van der Waals surface area contributed by atoms with E-state index in [1.165, 1.54) is 12.1 Å². The summed E-state index contributed by atoms with van der Waals surface area (Å²) in [4.78, 5) is 29.5. The number of hydrogen-bond acceptors (Lipinski definition) is 3. The molecule has 2 aromatic carbocycles. The number of alkyl halides is 4. The Kier molecular flexibility index (Phi) is 6.60. The molecule has 0 fully saturated rings. The average molecular weight is 544 g/mol. The summed E-state index contributed by atoms with van der Waals surface area (Å²) in [5.41, 5.74) is -4.64. The summed E-state index contributed by atoms with van der Waals surface area (Å²) in [5, 5.41) is 2.17. The third kappa shape index (κ3) is 4.68. The summed E-state index contributed by atoms with van der Waals surface area (Å²) in [6, 6.07) is 5.98. The van der Waals surface area contributed by atoms with Gasteiger partial charge in [0, 0.05) is 20.1 Å². The van der Waals surface area contributed by atoms with Crippen molar-refractivity contribution in [2.24, 2.45) is 0 Å². The Labute approximate surface area is 184 Å². The molecule has 0 aliphatic carbocycles. The van der Waals surface area contributed by atoms with E-state index in [0.29, 0.717) is 11.3 Å². The highest BCUT2D eigenvalue weighted by Gasteiger charge is 2.53. The van der Waals surface area contributed by atoms with Crippen LogP contribution in [-0.2, 0) is 10.2 Å². The molecule has 1 atom stereocenters. The SMILES string of the molecule is O=C(NC(c1ccc(F)cc1)C(F)F)c1ccc2sc(C(F)(F)P(=O)(O)O)c(Br)c2c1. The Bertz CT molecular complexity index is 1180. The third-order valence-electron chi connectivity index (χ3n) is 4.30. The quantitative estimate of drug-likeness (QED) is 0.272. The molecule has 31 heavy (non-hydrogen) atoms. The van der Waals surface area contributed by atoms with Gasteiger partial charge in [-0.15, -0.1) is 11.3 Å². The van der Waals surface area contributed by atoms with Crippen molar-refractivity contribution in [1.82, 2.24) is 5.32 Å². The second-order valence-corrected chi connectivity index (χ2v) is 9.87. The maximum atomic E-state index is 14.1. The zero-order valence-corrected chi connectivity index (χ0v) is 18.3. The molecule has 1 heterocycles.